The molecule has 0 aliphatic rings. The summed E-state index contributed by atoms with van der Waals surface area (Å²) < 4.78 is 46.0. The minimum Gasteiger partial charge on any atom is -0.464 e. The molecule has 0 aliphatic heterocycles. The van der Waals surface area contributed by atoms with Gasteiger partial charge in [-0.3, -0.25) is 4.39 Å². The molecule has 0 unspecified atom stereocenters. The summed E-state index contributed by atoms with van der Waals surface area (Å²) in [5.74, 6) is -3.03. The first-order valence-electron chi connectivity index (χ1n) is 6.59. The van der Waals surface area contributed by atoms with Crippen LogP contribution in [-0.4, -0.2) is 24.7 Å². The van der Waals surface area contributed by atoms with Gasteiger partial charge in [0.05, 0.1) is 24.5 Å². The van der Waals surface area contributed by atoms with E-state index in [9.17, 15) is 18.0 Å². The van der Waals surface area contributed by atoms with Crippen LogP contribution in [0.1, 0.15) is 16.1 Å². The van der Waals surface area contributed by atoms with Crippen LogP contribution >= 0.6 is 23.2 Å². The highest BCUT2D eigenvalue weighted by atomic mass is 35.5. The zero-order valence-corrected chi connectivity index (χ0v) is 13.8. The van der Waals surface area contributed by atoms with Gasteiger partial charge in [-0.1, -0.05) is 23.2 Å². The van der Waals surface area contributed by atoms with Gasteiger partial charge >= 0.3 is 5.97 Å². The maximum atomic E-state index is 14.6. The van der Waals surface area contributed by atoms with Crippen molar-refractivity contribution < 1.29 is 22.7 Å². The van der Waals surface area contributed by atoms with E-state index in [0.29, 0.717) is 0 Å². The number of alkyl halides is 1. The number of carbonyl (C=O) groups is 1. The number of nitrogens with zero attached hydrogens (tertiary/aromatic N) is 1. The standard InChI is InChI=1S/C15H11Cl2F3N2O2/c1-24-15(23)14-9(17)12(21)11(20)13(22-14)7-2-3-8(16)6(4-5-18)10(7)19/h2-3H,4-5H2,1H3,(H2,21,22). The molecule has 0 amide bonds. The molecule has 0 spiro atoms. The van der Waals surface area contributed by atoms with Crippen molar-refractivity contribution in [1.29, 1.82) is 0 Å². The van der Waals surface area contributed by atoms with Gasteiger partial charge in [-0.25, -0.2) is 18.6 Å². The Balaban J connectivity index is 2.76. The van der Waals surface area contributed by atoms with Gasteiger partial charge in [0, 0.05) is 22.6 Å². The van der Waals surface area contributed by atoms with Crippen LogP contribution in [0.25, 0.3) is 11.3 Å². The average molecular weight is 379 g/mol. The molecule has 0 radical (unpaired) electrons. The normalized spacial score (nSPS) is 10.8. The van der Waals surface area contributed by atoms with Crippen LogP contribution in [0.2, 0.25) is 10.0 Å². The number of hydrogen-bond donors (Lipinski definition) is 1. The van der Waals surface area contributed by atoms with Gasteiger partial charge in [0.1, 0.15) is 11.5 Å². The maximum Gasteiger partial charge on any atom is 0.358 e. The van der Waals surface area contributed by atoms with Crippen LogP contribution in [0.3, 0.4) is 0 Å². The van der Waals surface area contributed by atoms with Crippen molar-refractivity contribution in [1.82, 2.24) is 4.98 Å². The van der Waals surface area contributed by atoms with E-state index in [0.717, 1.165) is 13.2 Å². The second kappa shape index (κ2) is 7.27. The predicted molar refractivity (Wildman–Crippen MR) is 85.0 cm³/mol. The highest BCUT2D eigenvalue weighted by Crippen LogP contribution is 2.35. The molecule has 2 aromatic rings. The van der Waals surface area contributed by atoms with Crippen molar-refractivity contribution in [3.05, 3.63) is 45.1 Å². The lowest BCUT2D eigenvalue weighted by Gasteiger charge is -2.13. The summed E-state index contributed by atoms with van der Waals surface area (Å²) in [7, 11) is 1.07. The van der Waals surface area contributed by atoms with Crippen molar-refractivity contribution in [2.75, 3.05) is 19.5 Å². The molecule has 0 fully saturated rings. The van der Waals surface area contributed by atoms with Gasteiger partial charge in [0.2, 0.25) is 0 Å². The van der Waals surface area contributed by atoms with Crippen molar-refractivity contribution in [2.24, 2.45) is 0 Å². The molecular weight excluding hydrogens is 368 g/mol. The molecule has 1 aromatic carbocycles. The van der Waals surface area contributed by atoms with E-state index >= 15 is 0 Å². The first-order valence-corrected chi connectivity index (χ1v) is 7.35. The van der Waals surface area contributed by atoms with Crippen LogP contribution in [0.15, 0.2) is 12.1 Å². The fourth-order valence-electron chi connectivity index (χ4n) is 2.08. The minimum atomic E-state index is -1.11. The first kappa shape index (κ1) is 18.4. The smallest absolute Gasteiger partial charge is 0.358 e. The molecule has 2 rings (SSSR count). The highest BCUT2D eigenvalue weighted by Gasteiger charge is 2.25. The molecule has 0 atom stereocenters. The lowest BCUT2D eigenvalue weighted by Crippen LogP contribution is -2.11. The average Bonchev–Trinajstić information content (AvgIpc) is 2.57. The topological polar surface area (TPSA) is 65.2 Å². The van der Waals surface area contributed by atoms with Gasteiger partial charge in [-0.2, -0.15) is 0 Å². The number of esters is 1. The Morgan fingerprint density at radius 1 is 1.29 bits per heavy atom. The van der Waals surface area contributed by atoms with E-state index in [1.807, 2.05) is 0 Å². The number of benzene rings is 1. The second-order valence-corrected chi connectivity index (χ2v) is 5.45. The molecule has 9 heteroatoms. The number of aromatic nitrogens is 1. The van der Waals surface area contributed by atoms with Crippen LogP contribution in [-0.2, 0) is 11.2 Å². The Hall–Kier alpha value is -1.99. The quantitative estimate of drug-likeness (QED) is 0.809. The third-order valence-electron chi connectivity index (χ3n) is 3.28. The fourth-order valence-corrected chi connectivity index (χ4v) is 2.52. The molecule has 0 bridgehead atoms. The number of pyridine rings is 1. The Kier molecular flexibility index (Phi) is 5.56. The molecule has 0 saturated carbocycles. The molecule has 1 aromatic heterocycles. The van der Waals surface area contributed by atoms with E-state index in [-0.39, 0.29) is 22.6 Å². The van der Waals surface area contributed by atoms with Gasteiger partial charge in [-0.15, -0.1) is 0 Å². The Bertz CT molecular complexity index is 816. The maximum absolute atomic E-state index is 14.6. The zero-order valence-electron chi connectivity index (χ0n) is 12.3. The van der Waals surface area contributed by atoms with Gasteiger partial charge in [-0.05, 0) is 12.1 Å². The van der Waals surface area contributed by atoms with Crippen LogP contribution in [0, 0.1) is 11.6 Å². The second-order valence-electron chi connectivity index (χ2n) is 4.67. The number of methoxy groups -OCH3 is 1. The van der Waals surface area contributed by atoms with E-state index in [1.54, 1.807) is 0 Å². The summed E-state index contributed by atoms with van der Waals surface area (Å²) in [6.07, 6.45) is -0.299. The number of rotatable bonds is 4. The lowest BCUT2D eigenvalue weighted by atomic mass is 10.0. The highest BCUT2D eigenvalue weighted by molar-refractivity contribution is 6.35. The Morgan fingerprint density at radius 2 is 1.96 bits per heavy atom. The number of hydrogen-bond acceptors (Lipinski definition) is 4. The number of carbonyl (C=O) groups excluding carboxylic acids is 1. The summed E-state index contributed by atoms with van der Waals surface area (Å²) in [4.78, 5) is 15.4. The molecule has 0 aliphatic carbocycles. The third-order valence-corrected chi connectivity index (χ3v) is 4.01. The molecule has 4 nitrogen and oxygen atoms in total. The number of ether oxygens (including phenoxy) is 1. The van der Waals surface area contributed by atoms with E-state index in [2.05, 4.69) is 9.72 Å². The number of halogens is 5. The molecule has 128 valence electrons. The van der Waals surface area contributed by atoms with E-state index in [1.165, 1.54) is 6.07 Å². The summed E-state index contributed by atoms with van der Waals surface area (Å²) in [6.45, 7) is -0.855. The van der Waals surface area contributed by atoms with Crippen molar-refractivity contribution >= 4 is 34.9 Å². The van der Waals surface area contributed by atoms with Crippen molar-refractivity contribution in [3.8, 4) is 11.3 Å². The molecule has 2 N–H and O–H groups in total. The van der Waals surface area contributed by atoms with Crippen LogP contribution in [0.5, 0.6) is 0 Å². The largest absolute Gasteiger partial charge is 0.464 e. The fraction of sp³-hybridized carbons (Fsp3) is 0.200. The summed E-state index contributed by atoms with van der Waals surface area (Å²) >= 11 is 11.6. The molecule has 0 saturated heterocycles. The van der Waals surface area contributed by atoms with Crippen LogP contribution in [0.4, 0.5) is 18.9 Å². The number of anilines is 1. The SMILES string of the molecule is COC(=O)c1nc(-c2ccc(Cl)c(CCF)c2F)c(F)c(N)c1Cl. The summed E-state index contributed by atoms with van der Waals surface area (Å²) in [5, 5.41) is -0.453. The Labute approximate surface area is 145 Å². The predicted octanol–water partition coefficient (Wildman–Crippen LogP) is 4.21. The molecule has 1 heterocycles. The third kappa shape index (κ3) is 3.14. The zero-order chi connectivity index (χ0) is 18.0. The Morgan fingerprint density at radius 3 is 2.54 bits per heavy atom. The van der Waals surface area contributed by atoms with Gasteiger partial charge < -0.3 is 10.5 Å². The number of nitrogen functional groups attached to an aromatic ring is 1. The summed E-state index contributed by atoms with van der Waals surface area (Å²) in [6, 6.07) is 2.42. The summed E-state index contributed by atoms with van der Waals surface area (Å²) in [5.41, 5.74) is 3.48. The number of nitrogens with two attached hydrogens (primary N) is 1. The van der Waals surface area contributed by atoms with Gasteiger partial charge in [0.25, 0.3) is 0 Å². The minimum absolute atomic E-state index is 0.00978. The van der Waals surface area contributed by atoms with Gasteiger partial charge in [0.15, 0.2) is 11.5 Å². The monoisotopic (exact) mass is 378 g/mol. The first-order chi connectivity index (χ1) is 11.3. The van der Waals surface area contributed by atoms with Crippen LogP contribution < -0.4 is 5.73 Å². The van der Waals surface area contributed by atoms with Crippen molar-refractivity contribution in [2.45, 2.75) is 6.42 Å². The van der Waals surface area contributed by atoms with E-state index in [4.69, 9.17) is 28.9 Å². The molecule has 24 heavy (non-hydrogen) atoms. The van der Waals surface area contributed by atoms with E-state index < -0.39 is 46.4 Å². The molecular formula is C15H11Cl2F3N2O2. The lowest BCUT2D eigenvalue weighted by molar-refractivity contribution is 0.0594. The van der Waals surface area contributed by atoms with Crippen molar-refractivity contribution in [3.63, 3.8) is 0 Å².